The van der Waals surface area contributed by atoms with Crippen LogP contribution in [-0.2, 0) is 4.79 Å². The summed E-state index contributed by atoms with van der Waals surface area (Å²) in [5, 5.41) is 3.07. The molecule has 0 fully saturated rings. The van der Waals surface area contributed by atoms with Crippen LogP contribution < -0.4 is 11.1 Å². The third-order valence-electron chi connectivity index (χ3n) is 1.31. The van der Waals surface area contributed by atoms with Crippen LogP contribution in [0.15, 0.2) is 0 Å². The monoisotopic (exact) mass is 158 g/mol. The van der Waals surface area contributed by atoms with E-state index in [1.807, 2.05) is 0 Å². The second kappa shape index (κ2) is 4.46. The van der Waals surface area contributed by atoms with E-state index in [0.29, 0.717) is 6.54 Å². The minimum Gasteiger partial charge on any atom is -0.329 e. The van der Waals surface area contributed by atoms with E-state index in [1.54, 1.807) is 0 Å². The third kappa shape index (κ3) is 6.01. The zero-order chi connectivity index (χ0) is 8.91. The summed E-state index contributed by atoms with van der Waals surface area (Å²) in [4.78, 5) is 10.3. The zero-order valence-electron chi connectivity index (χ0n) is 7.55. The smallest absolute Gasteiger partial charge is 0.138 e. The Labute approximate surface area is 68.3 Å². The number of nitrogens with one attached hydrogen (secondary N) is 1. The summed E-state index contributed by atoms with van der Waals surface area (Å²) in [6.45, 7) is 7.52. The van der Waals surface area contributed by atoms with Gasteiger partial charge in [0.05, 0.1) is 6.04 Å². The fraction of sp³-hybridized carbons (Fsp3) is 0.875. The first-order chi connectivity index (χ1) is 4.99. The number of aldehydes is 1. The molecule has 3 nitrogen and oxygen atoms in total. The molecule has 0 radical (unpaired) electrons. The maximum absolute atomic E-state index is 10.3. The Morgan fingerprint density at radius 1 is 1.55 bits per heavy atom. The van der Waals surface area contributed by atoms with E-state index >= 15 is 0 Å². The summed E-state index contributed by atoms with van der Waals surface area (Å²) in [7, 11) is 0. The molecule has 0 spiro atoms. The Hall–Kier alpha value is -0.410. The Morgan fingerprint density at radius 3 is 2.36 bits per heavy atom. The summed E-state index contributed by atoms with van der Waals surface area (Å²) in [6, 6.07) is -0.186. The normalized spacial score (nSPS) is 14.5. The SMILES string of the molecule is CC(C)(C)CNC(C=O)CN. The molecule has 0 heterocycles. The maximum Gasteiger partial charge on any atom is 0.138 e. The molecule has 0 saturated heterocycles. The Balaban J connectivity index is 3.59. The van der Waals surface area contributed by atoms with Crippen LogP contribution in [0.2, 0.25) is 0 Å². The minimum atomic E-state index is -0.186. The first kappa shape index (κ1) is 10.6. The third-order valence-corrected chi connectivity index (χ3v) is 1.31. The molecule has 1 atom stereocenters. The van der Waals surface area contributed by atoms with Crippen LogP contribution in [-0.4, -0.2) is 25.4 Å². The van der Waals surface area contributed by atoms with Crippen molar-refractivity contribution in [3.63, 3.8) is 0 Å². The van der Waals surface area contributed by atoms with E-state index in [1.165, 1.54) is 0 Å². The van der Waals surface area contributed by atoms with Crippen molar-refractivity contribution in [2.75, 3.05) is 13.1 Å². The number of rotatable bonds is 4. The average molecular weight is 158 g/mol. The van der Waals surface area contributed by atoms with Gasteiger partial charge < -0.3 is 15.8 Å². The number of hydrogen-bond acceptors (Lipinski definition) is 3. The second-order valence-corrected chi connectivity index (χ2v) is 3.92. The Bertz CT molecular complexity index is 118. The van der Waals surface area contributed by atoms with Gasteiger partial charge in [-0.2, -0.15) is 0 Å². The molecular formula is C8H18N2O. The van der Waals surface area contributed by atoms with E-state index in [4.69, 9.17) is 5.73 Å². The molecule has 0 saturated carbocycles. The lowest BCUT2D eigenvalue weighted by Gasteiger charge is -2.21. The van der Waals surface area contributed by atoms with Crippen molar-refractivity contribution in [3.8, 4) is 0 Å². The van der Waals surface area contributed by atoms with Crippen LogP contribution in [0.3, 0.4) is 0 Å². The number of carbonyl (C=O) groups is 1. The molecule has 1 unspecified atom stereocenters. The second-order valence-electron chi connectivity index (χ2n) is 3.92. The van der Waals surface area contributed by atoms with Crippen molar-refractivity contribution in [1.29, 1.82) is 0 Å². The molecule has 66 valence electrons. The van der Waals surface area contributed by atoms with Gasteiger partial charge in [0.1, 0.15) is 6.29 Å². The van der Waals surface area contributed by atoms with Gasteiger partial charge in [-0.15, -0.1) is 0 Å². The number of nitrogens with two attached hydrogens (primary N) is 1. The van der Waals surface area contributed by atoms with Gasteiger partial charge in [-0.25, -0.2) is 0 Å². The Morgan fingerprint density at radius 2 is 2.09 bits per heavy atom. The quantitative estimate of drug-likeness (QED) is 0.573. The van der Waals surface area contributed by atoms with Gasteiger partial charge in [0.25, 0.3) is 0 Å². The predicted molar refractivity (Wildman–Crippen MR) is 46.4 cm³/mol. The number of hydrogen-bond donors (Lipinski definition) is 2. The van der Waals surface area contributed by atoms with E-state index in [2.05, 4.69) is 26.1 Å². The van der Waals surface area contributed by atoms with Crippen molar-refractivity contribution in [2.45, 2.75) is 26.8 Å². The molecule has 3 heteroatoms. The highest BCUT2D eigenvalue weighted by Gasteiger charge is 2.12. The van der Waals surface area contributed by atoms with Crippen LogP contribution in [0.5, 0.6) is 0 Å². The van der Waals surface area contributed by atoms with Crippen LogP contribution in [0.4, 0.5) is 0 Å². The van der Waals surface area contributed by atoms with Gasteiger partial charge in [0, 0.05) is 13.1 Å². The van der Waals surface area contributed by atoms with E-state index in [-0.39, 0.29) is 11.5 Å². The van der Waals surface area contributed by atoms with Crippen LogP contribution >= 0.6 is 0 Å². The number of carbonyl (C=O) groups excluding carboxylic acids is 1. The molecule has 0 aromatic carbocycles. The van der Waals surface area contributed by atoms with Crippen LogP contribution in [0.1, 0.15) is 20.8 Å². The fourth-order valence-electron chi connectivity index (χ4n) is 0.624. The van der Waals surface area contributed by atoms with Gasteiger partial charge >= 0.3 is 0 Å². The summed E-state index contributed by atoms with van der Waals surface area (Å²) in [5.41, 5.74) is 5.52. The zero-order valence-corrected chi connectivity index (χ0v) is 7.55. The van der Waals surface area contributed by atoms with Crippen LogP contribution in [0, 0.1) is 5.41 Å². The highest BCUT2D eigenvalue weighted by Crippen LogP contribution is 2.10. The fourth-order valence-corrected chi connectivity index (χ4v) is 0.624. The van der Waals surface area contributed by atoms with E-state index < -0.39 is 0 Å². The maximum atomic E-state index is 10.3. The summed E-state index contributed by atoms with van der Waals surface area (Å²) < 4.78 is 0. The van der Waals surface area contributed by atoms with Gasteiger partial charge in [0.2, 0.25) is 0 Å². The van der Waals surface area contributed by atoms with Crippen molar-refractivity contribution >= 4 is 6.29 Å². The van der Waals surface area contributed by atoms with Gasteiger partial charge in [-0.05, 0) is 5.41 Å². The molecular weight excluding hydrogens is 140 g/mol. The molecule has 3 N–H and O–H groups in total. The van der Waals surface area contributed by atoms with Crippen molar-refractivity contribution in [1.82, 2.24) is 5.32 Å². The minimum absolute atomic E-state index is 0.186. The standard InChI is InChI=1S/C8H18N2O/c1-8(2,3)6-10-7(4-9)5-11/h5,7,10H,4,6,9H2,1-3H3. The van der Waals surface area contributed by atoms with Gasteiger partial charge in [-0.3, -0.25) is 0 Å². The summed E-state index contributed by atoms with van der Waals surface area (Å²) >= 11 is 0. The first-order valence-corrected chi connectivity index (χ1v) is 3.88. The molecule has 0 aliphatic carbocycles. The molecule has 0 aromatic heterocycles. The molecule has 0 aliphatic rings. The van der Waals surface area contributed by atoms with E-state index in [0.717, 1.165) is 12.8 Å². The average Bonchev–Trinajstić information content (AvgIpc) is 1.88. The molecule has 0 amide bonds. The largest absolute Gasteiger partial charge is 0.329 e. The topological polar surface area (TPSA) is 55.1 Å². The van der Waals surface area contributed by atoms with Crippen LogP contribution in [0.25, 0.3) is 0 Å². The molecule has 11 heavy (non-hydrogen) atoms. The first-order valence-electron chi connectivity index (χ1n) is 3.88. The van der Waals surface area contributed by atoms with Gasteiger partial charge in [0.15, 0.2) is 0 Å². The lowest BCUT2D eigenvalue weighted by atomic mass is 9.96. The van der Waals surface area contributed by atoms with E-state index in [9.17, 15) is 4.79 Å². The molecule has 0 rings (SSSR count). The highest BCUT2D eigenvalue weighted by atomic mass is 16.1. The summed E-state index contributed by atoms with van der Waals surface area (Å²) in [6.07, 6.45) is 0.853. The summed E-state index contributed by atoms with van der Waals surface area (Å²) in [5.74, 6) is 0. The Kier molecular flexibility index (Phi) is 4.30. The molecule has 0 aromatic rings. The lowest BCUT2D eigenvalue weighted by Crippen LogP contribution is -2.41. The van der Waals surface area contributed by atoms with Gasteiger partial charge in [-0.1, -0.05) is 20.8 Å². The van der Waals surface area contributed by atoms with Crippen molar-refractivity contribution in [2.24, 2.45) is 11.1 Å². The lowest BCUT2D eigenvalue weighted by molar-refractivity contribution is -0.109. The van der Waals surface area contributed by atoms with Crippen molar-refractivity contribution in [3.05, 3.63) is 0 Å². The highest BCUT2D eigenvalue weighted by molar-refractivity contribution is 5.57. The molecule has 0 bridgehead atoms. The molecule has 0 aliphatic heterocycles. The van der Waals surface area contributed by atoms with Crippen molar-refractivity contribution < 1.29 is 4.79 Å². The predicted octanol–water partition coefficient (Wildman–Crippen LogP) is 0.148.